The van der Waals surface area contributed by atoms with Gasteiger partial charge in [0.25, 0.3) is 0 Å². The van der Waals surface area contributed by atoms with E-state index in [9.17, 15) is 15.0 Å². The van der Waals surface area contributed by atoms with Crippen molar-refractivity contribution < 1.29 is 14.6 Å². The molecule has 1 atom stereocenters. The Balaban J connectivity index is 2.56. The van der Waals surface area contributed by atoms with Gasteiger partial charge in [0.2, 0.25) is 11.2 Å². The molecule has 18 heavy (non-hydrogen) atoms. The predicted molar refractivity (Wildman–Crippen MR) is 69.7 cm³/mol. The molecule has 1 rings (SSSR count). The number of aryl methyl sites for hydroxylation is 1. The van der Waals surface area contributed by atoms with Gasteiger partial charge in [0, 0.05) is 6.07 Å². The van der Waals surface area contributed by atoms with Gasteiger partial charge in [-0.3, -0.25) is 4.79 Å². The Bertz CT molecular complexity index is 422. The van der Waals surface area contributed by atoms with Crippen LogP contribution in [0.4, 0.5) is 0 Å². The summed E-state index contributed by atoms with van der Waals surface area (Å²) in [5.41, 5.74) is -0.501. The lowest BCUT2D eigenvalue weighted by Crippen LogP contribution is -2.07. The molecule has 1 unspecified atom stereocenters. The maximum Gasteiger partial charge on any atom is 0.227 e. The third-order valence-electron chi connectivity index (χ3n) is 2.96. The van der Waals surface area contributed by atoms with Gasteiger partial charge in [0.15, 0.2) is 5.76 Å². The van der Waals surface area contributed by atoms with Gasteiger partial charge in [-0.05, 0) is 13.3 Å². The van der Waals surface area contributed by atoms with Crippen LogP contribution in [-0.2, 0) is 0 Å². The highest BCUT2D eigenvalue weighted by Crippen LogP contribution is 2.26. The average molecular weight is 254 g/mol. The van der Waals surface area contributed by atoms with Crippen LogP contribution in [0, 0.1) is 6.92 Å². The zero-order valence-electron chi connectivity index (χ0n) is 11.1. The van der Waals surface area contributed by atoms with E-state index in [0.29, 0.717) is 12.2 Å². The maximum atomic E-state index is 11.4. The molecule has 0 amide bonds. The Hall–Kier alpha value is -1.29. The van der Waals surface area contributed by atoms with Gasteiger partial charge in [-0.1, -0.05) is 39.0 Å². The molecule has 0 bridgehead atoms. The van der Waals surface area contributed by atoms with Gasteiger partial charge in [-0.25, -0.2) is 0 Å². The third-order valence-corrected chi connectivity index (χ3v) is 2.96. The number of unbranched alkanes of at least 4 members (excludes halogenated alkanes) is 4. The molecule has 0 radical (unpaired) electrons. The summed E-state index contributed by atoms with van der Waals surface area (Å²) in [6.07, 6.45) is 5.02. The van der Waals surface area contributed by atoms with Crippen molar-refractivity contribution >= 4 is 0 Å². The zero-order valence-corrected chi connectivity index (χ0v) is 11.1. The summed E-state index contributed by atoms with van der Waals surface area (Å²) in [7, 11) is 0. The molecule has 4 heteroatoms. The summed E-state index contributed by atoms with van der Waals surface area (Å²) < 4.78 is 5.23. The van der Waals surface area contributed by atoms with E-state index in [1.54, 1.807) is 6.92 Å². The lowest BCUT2D eigenvalue weighted by Gasteiger charge is -2.11. The monoisotopic (exact) mass is 254 g/mol. The minimum atomic E-state index is -0.903. The minimum absolute atomic E-state index is 0.00417. The first-order valence-corrected chi connectivity index (χ1v) is 6.58. The van der Waals surface area contributed by atoms with Gasteiger partial charge in [-0.15, -0.1) is 0 Å². The van der Waals surface area contributed by atoms with Crippen LogP contribution in [0.2, 0.25) is 0 Å². The number of aliphatic hydroxyl groups is 1. The Morgan fingerprint density at radius 1 is 1.28 bits per heavy atom. The van der Waals surface area contributed by atoms with E-state index in [2.05, 4.69) is 6.92 Å². The van der Waals surface area contributed by atoms with Crippen LogP contribution >= 0.6 is 0 Å². The number of aromatic hydroxyl groups is 1. The largest absolute Gasteiger partial charge is 0.502 e. The normalized spacial score (nSPS) is 12.6. The summed E-state index contributed by atoms with van der Waals surface area (Å²) in [6, 6.07) is 1.22. The van der Waals surface area contributed by atoms with Crippen molar-refractivity contribution in [1.82, 2.24) is 0 Å². The van der Waals surface area contributed by atoms with Gasteiger partial charge in [0.1, 0.15) is 11.9 Å². The highest BCUT2D eigenvalue weighted by atomic mass is 16.4. The molecule has 4 nitrogen and oxygen atoms in total. The molecule has 0 aliphatic carbocycles. The molecule has 0 fully saturated rings. The molecule has 0 saturated heterocycles. The lowest BCUT2D eigenvalue weighted by atomic mass is 10.1. The quantitative estimate of drug-likeness (QED) is 0.734. The van der Waals surface area contributed by atoms with Gasteiger partial charge in [0.05, 0.1) is 0 Å². The number of hydrogen-bond donors (Lipinski definition) is 2. The second-order valence-electron chi connectivity index (χ2n) is 4.65. The fourth-order valence-corrected chi connectivity index (χ4v) is 1.92. The molecular formula is C14H22O4. The minimum Gasteiger partial charge on any atom is -0.502 e. The molecule has 0 aliphatic heterocycles. The lowest BCUT2D eigenvalue weighted by molar-refractivity contribution is 0.127. The Morgan fingerprint density at radius 2 is 1.94 bits per heavy atom. The first kappa shape index (κ1) is 14.8. The molecule has 0 saturated carbocycles. The summed E-state index contributed by atoms with van der Waals surface area (Å²) in [6.45, 7) is 3.77. The summed E-state index contributed by atoms with van der Waals surface area (Å²) in [4.78, 5) is 11.4. The number of hydrogen-bond acceptors (Lipinski definition) is 4. The van der Waals surface area contributed by atoms with Crippen LogP contribution in [0.15, 0.2) is 15.3 Å². The molecule has 2 N–H and O–H groups in total. The molecular weight excluding hydrogens is 232 g/mol. The van der Waals surface area contributed by atoms with Crippen LogP contribution in [0.5, 0.6) is 5.75 Å². The molecule has 1 aromatic rings. The van der Waals surface area contributed by atoms with Crippen LogP contribution in [0.25, 0.3) is 0 Å². The van der Waals surface area contributed by atoms with E-state index < -0.39 is 17.3 Å². The Kier molecular flexibility index (Phi) is 5.92. The first-order valence-electron chi connectivity index (χ1n) is 6.58. The van der Waals surface area contributed by atoms with E-state index in [1.807, 2.05) is 0 Å². The topological polar surface area (TPSA) is 70.7 Å². The second-order valence-corrected chi connectivity index (χ2v) is 4.65. The zero-order chi connectivity index (χ0) is 13.5. The highest BCUT2D eigenvalue weighted by Gasteiger charge is 2.18. The first-order chi connectivity index (χ1) is 8.56. The molecule has 1 aromatic heterocycles. The van der Waals surface area contributed by atoms with E-state index in [0.717, 1.165) is 19.3 Å². The van der Waals surface area contributed by atoms with Crippen molar-refractivity contribution in [3.05, 3.63) is 27.8 Å². The molecule has 102 valence electrons. The molecule has 0 aromatic carbocycles. The summed E-state index contributed by atoms with van der Waals surface area (Å²) in [5, 5.41) is 19.5. The second kappa shape index (κ2) is 7.21. The number of aliphatic hydroxyl groups excluding tert-OH is 1. The van der Waals surface area contributed by atoms with Gasteiger partial charge < -0.3 is 14.6 Å². The molecule has 0 aliphatic rings. The summed E-state index contributed by atoms with van der Waals surface area (Å²) in [5.74, 6) is -0.0741. The van der Waals surface area contributed by atoms with Crippen LogP contribution in [0.1, 0.15) is 63.1 Å². The van der Waals surface area contributed by atoms with Crippen molar-refractivity contribution in [3.63, 3.8) is 0 Å². The van der Waals surface area contributed by atoms with E-state index in [1.165, 1.54) is 18.9 Å². The maximum absolute atomic E-state index is 11.4. The van der Waals surface area contributed by atoms with Gasteiger partial charge >= 0.3 is 0 Å². The fraction of sp³-hybridized carbons (Fsp3) is 0.643. The molecule has 1 heterocycles. The fourth-order valence-electron chi connectivity index (χ4n) is 1.92. The van der Waals surface area contributed by atoms with Crippen LogP contribution in [0.3, 0.4) is 0 Å². The average Bonchev–Trinajstić information content (AvgIpc) is 2.33. The summed E-state index contributed by atoms with van der Waals surface area (Å²) >= 11 is 0. The van der Waals surface area contributed by atoms with E-state index in [-0.39, 0.29) is 5.76 Å². The molecule has 0 spiro atoms. The van der Waals surface area contributed by atoms with E-state index in [4.69, 9.17) is 4.42 Å². The third kappa shape index (κ3) is 4.18. The predicted octanol–water partition coefficient (Wildman–Crippen LogP) is 3.05. The number of rotatable bonds is 7. The highest BCUT2D eigenvalue weighted by molar-refractivity contribution is 5.26. The van der Waals surface area contributed by atoms with Crippen LogP contribution in [-0.4, -0.2) is 10.2 Å². The Morgan fingerprint density at radius 3 is 2.61 bits per heavy atom. The van der Waals surface area contributed by atoms with Crippen LogP contribution < -0.4 is 5.43 Å². The van der Waals surface area contributed by atoms with Crippen molar-refractivity contribution in [2.75, 3.05) is 0 Å². The SMILES string of the molecule is CCCCCCCC(O)c1oc(C)cc(=O)c1O. The standard InChI is InChI=1S/C14H22O4/c1-3-4-5-6-7-8-11(15)14-13(17)12(16)9-10(2)18-14/h9,11,15,17H,3-8H2,1-2H3. The van der Waals surface area contributed by atoms with Crippen molar-refractivity contribution in [3.8, 4) is 5.75 Å². The van der Waals surface area contributed by atoms with Crippen molar-refractivity contribution in [1.29, 1.82) is 0 Å². The van der Waals surface area contributed by atoms with E-state index >= 15 is 0 Å². The van der Waals surface area contributed by atoms with Crippen molar-refractivity contribution in [2.45, 2.75) is 58.5 Å². The smallest absolute Gasteiger partial charge is 0.227 e. The van der Waals surface area contributed by atoms with Gasteiger partial charge in [-0.2, -0.15) is 0 Å². The Labute approximate surface area is 107 Å². The van der Waals surface area contributed by atoms with Crippen molar-refractivity contribution in [2.24, 2.45) is 0 Å².